The molecular weight excluding hydrogens is 300 g/mol. The summed E-state index contributed by atoms with van der Waals surface area (Å²) in [5.41, 5.74) is 10.8. The van der Waals surface area contributed by atoms with Crippen molar-refractivity contribution in [1.29, 1.82) is 0 Å². The Morgan fingerprint density at radius 3 is 2.67 bits per heavy atom. The molecule has 3 aromatic rings. The van der Waals surface area contributed by atoms with Crippen molar-refractivity contribution in [1.82, 2.24) is 9.97 Å². The fourth-order valence-electron chi connectivity index (χ4n) is 3.08. The second kappa shape index (κ2) is 5.77. The van der Waals surface area contributed by atoms with Crippen LogP contribution >= 0.6 is 0 Å². The largest absolute Gasteiger partial charge is 0.398 e. The molecular formula is C19H16N4O. The first-order chi connectivity index (χ1) is 11.7. The first-order valence-electron chi connectivity index (χ1n) is 7.82. The molecule has 0 unspecified atom stereocenters. The second-order valence-corrected chi connectivity index (χ2v) is 5.74. The van der Waals surface area contributed by atoms with Gasteiger partial charge in [-0.2, -0.15) is 0 Å². The number of carbonyl (C=O) groups is 1. The van der Waals surface area contributed by atoms with Gasteiger partial charge in [0.1, 0.15) is 0 Å². The van der Waals surface area contributed by atoms with Crippen LogP contribution in [-0.2, 0) is 6.42 Å². The molecule has 0 atom stereocenters. The number of fused-ring (bicyclic) bond motifs is 1. The minimum Gasteiger partial charge on any atom is -0.398 e. The Balaban J connectivity index is 1.74. The quantitative estimate of drug-likeness (QED) is 0.722. The third-order valence-electron chi connectivity index (χ3n) is 4.19. The molecule has 0 aliphatic heterocycles. The van der Waals surface area contributed by atoms with Crippen LogP contribution in [0.25, 0.3) is 11.3 Å². The van der Waals surface area contributed by atoms with Gasteiger partial charge in [0.15, 0.2) is 5.78 Å². The van der Waals surface area contributed by atoms with E-state index in [2.05, 4.69) is 15.3 Å². The summed E-state index contributed by atoms with van der Waals surface area (Å²) in [4.78, 5) is 20.9. The van der Waals surface area contributed by atoms with Gasteiger partial charge < -0.3 is 11.1 Å². The van der Waals surface area contributed by atoms with Gasteiger partial charge in [0.05, 0.1) is 5.69 Å². The molecule has 3 N–H and O–H groups in total. The first kappa shape index (κ1) is 14.4. The highest BCUT2D eigenvalue weighted by Crippen LogP contribution is 2.35. The van der Waals surface area contributed by atoms with Crippen LogP contribution in [0.1, 0.15) is 22.3 Å². The molecule has 0 saturated carbocycles. The maximum absolute atomic E-state index is 12.1. The number of nitrogens with zero attached hydrogens (tertiary/aromatic N) is 2. The van der Waals surface area contributed by atoms with Gasteiger partial charge in [-0.25, -0.2) is 9.97 Å². The highest BCUT2D eigenvalue weighted by Gasteiger charge is 2.25. The van der Waals surface area contributed by atoms with Crippen LogP contribution < -0.4 is 11.1 Å². The Morgan fingerprint density at radius 1 is 1.00 bits per heavy atom. The van der Waals surface area contributed by atoms with E-state index < -0.39 is 0 Å². The number of anilines is 3. The van der Waals surface area contributed by atoms with Gasteiger partial charge in [0.2, 0.25) is 5.95 Å². The Labute approximate surface area is 139 Å². The van der Waals surface area contributed by atoms with Crippen molar-refractivity contribution in [3.8, 4) is 11.3 Å². The normalized spacial score (nSPS) is 12.9. The number of benzene rings is 2. The Bertz CT molecular complexity index is 922. The van der Waals surface area contributed by atoms with E-state index in [1.807, 2.05) is 42.5 Å². The summed E-state index contributed by atoms with van der Waals surface area (Å²) in [5, 5.41) is 3.19. The standard InChI is InChI=1S/C19H16N4O/c20-15-8-6-13(14-7-9-17(24)18(14)15)16-10-11-21-19(23-16)22-12-4-2-1-3-5-12/h1-6,8,10-11H,7,9,20H2,(H,21,22,23). The number of nitrogens with one attached hydrogen (secondary N) is 1. The van der Waals surface area contributed by atoms with Gasteiger partial charge in [-0.1, -0.05) is 24.3 Å². The molecule has 0 fully saturated rings. The fourth-order valence-corrected chi connectivity index (χ4v) is 3.08. The number of rotatable bonds is 3. The summed E-state index contributed by atoms with van der Waals surface area (Å²) in [6.07, 6.45) is 2.93. The lowest BCUT2D eigenvalue weighted by molar-refractivity contribution is 0.0995. The number of hydrogen-bond donors (Lipinski definition) is 2. The summed E-state index contributed by atoms with van der Waals surface area (Å²) in [6, 6.07) is 15.3. The summed E-state index contributed by atoms with van der Waals surface area (Å²) >= 11 is 0. The molecule has 5 nitrogen and oxygen atoms in total. The predicted octanol–water partition coefficient (Wildman–Crippen LogP) is 3.60. The number of Topliss-reactive ketones (excluding diaryl/α,β-unsaturated/α-hetero) is 1. The van der Waals surface area contributed by atoms with E-state index in [0.29, 0.717) is 30.0 Å². The molecule has 5 heteroatoms. The van der Waals surface area contributed by atoms with Crippen LogP contribution in [0.2, 0.25) is 0 Å². The first-order valence-corrected chi connectivity index (χ1v) is 7.82. The molecule has 0 saturated heterocycles. The SMILES string of the molecule is Nc1ccc(-c2ccnc(Nc3ccccc3)n2)c2c1C(=O)CC2. The van der Waals surface area contributed by atoms with Crippen LogP contribution in [0.5, 0.6) is 0 Å². The summed E-state index contributed by atoms with van der Waals surface area (Å²) in [7, 11) is 0. The van der Waals surface area contributed by atoms with Gasteiger partial charge >= 0.3 is 0 Å². The average molecular weight is 316 g/mol. The van der Waals surface area contributed by atoms with Crippen molar-refractivity contribution in [2.45, 2.75) is 12.8 Å². The number of para-hydroxylation sites is 1. The predicted molar refractivity (Wildman–Crippen MR) is 94.3 cm³/mol. The summed E-state index contributed by atoms with van der Waals surface area (Å²) in [6.45, 7) is 0. The Kier molecular flexibility index (Phi) is 3.46. The smallest absolute Gasteiger partial charge is 0.227 e. The topological polar surface area (TPSA) is 80.9 Å². The fraction of sp³-hybridized carbons (Fsp3) is 0.105. The van der Waals surface area contributed by atoms with Crippen molar-refractivity contribution in [2.75, 3.05) is 11.1 Å². The third kappa shape index (κ3) is 2.50. The average Bonchev–Trinajstić information content (AvgIpc) is 2.99. The van der Waals surface area contributed by atoms with Crippen LogP contribution in [0, 0.1) is 0 Å². The zero-order valence-corrected chi connectivity index (χ0v) is 13.0. The van der Waals surface area contributed by atoms with E-state index in [9.17, 15) is 4.79 Å². The van der Waals surface area contributed by atoms with Crippen molar-refractivity contribution in [3.63, 3.8) is 0 Å². The zero-order chi connectivity index (χ0) is 16.5. The molecule has 1 heterocycles. The second-order valence-electron chi connectivity index (χ2n) is 5.74. The number of aromatic nitrogens is 2. The molecule has 1 aliphatic rings. The number of nitrogen functional groups attached to an aromatic ring is 1. The van der Waals surface area contributed by atoms with Crippen molar-refractivity contribution >= 4 is 23.1 Å². The Hall–Kier alpha value is -3.21. The lowest BCUT2D eigenvalue weighted by Crippen LogP contribution is -2.02. The Morgan fingerprint density at radius 2 is 1.83 bits per heavy atom. The lowest BCUT2D eigenvalue weighted by Gasteiger charge is -2.11. The van der Waals surface area contributed by atoms with Gasteiger partial charge in [-0.15, -0.1) is 0 Å². The van der Waals surface area contributed by atoms with Crippen LogP contribution in [0.15, 0.2) is 54.7 Å². The van der Waals surface area contributed by atoms with Crippen LogP contribution in [0.3, 0.4) is 0 Å². The molecule has 24 heavy (non-hydrogen) atoms. The van der Waals surface area contributed by atoms with Crippen LogP contribution in [0.4, 0.5) is 17.3 Å². The number of ketones is 1. The molecule has 118 valence electrons. The third-order valence-corrected chi connectivity index (χ3v) is 4.19. The lowest BCUT2D eigenvalue weighted by atomic mass is 9.99. The molecule has 0 radical (unpaired) electrons. The summed E-state index contributed by atoms with van der Waals surface area (Å²) < 4.78 is 0. The van der Waals surface area contributed by atoms with Gasteiger partial charge in [-0.3, -0.25) is 4.79 Å². The highest BCUT2D eigenvalue weighted by atomic mass is 16.1. The van der Waals surface area contributed by atoms with E-state index >= 15 is 0 Å². The van der Waals surface area contributed by atoms with E-state index in [4.69, 9.17) is 5.73 Å². The highest BCUT2D eigenvalue weighted by molar-refractivity contribution is 6.06. The minimum atomic E-state index is 0.112. The number of carbonyl (C=O) groups excluding carboxylic acids is 1. The minimum absolute atomic E-state index is 0.112. The van der Waals surface area contributed by atoms with Crippen molar-refractivity contribution in [3.05, 3.63) is 65.9 Å². The van der Waals surface area contributed by atoms with E-state index in [1.165, 1.54) is 0 Å². The molecule has 1 aliphatic carbocycles. The van der Waals surface area contributed by atoms with E-state index in [1.54, 1.807) is 12.3 Å². The van der Waals surface area contributed by atoms with E-state index in [0.717, 1.165) is 22.5 Å². The molecule has 0 amide bonds. The maximum Gasteiger partial charge on any atom is 0.227 e. The molecule has 0 bridgehead atoms. The monoisotopic (exact) mass is 316 g/mol. The zero-order valence-electron chi connectivity index (χ0n) is 13.0. The molecule has 2 aromatic carbocycles. The summed E-state index contributed by atoms with van der Waals surface area (Å²) in [5.74, 6) is 0.634. The van der Waals surface area contributed by atoms with E-state index in [-0.39, 0.29) is 5.78 Å². The molecule has 4 rings (SSSR count). The number of nitrogens with two attached hydrogens (primary N) is 1. The maximum atomic E-state index is 12.1. The van der Waals surface area contributed by atoms with Gasteiger partial charge in [0.25, 0.3) is 0 Å². The molecule has 0 spiro atoms. The van der Waals surface area contributed by atoms with Crippen LogP contribution in [-0.4, -0.2) is 15.8 Å². The number of hydrogen-bond acceptors (Lipinski definition) is 5. The van der Waals surface area contributed by atoms with Gasteiger partial charge in [0, 0.05) is 35.1 Å². The van der Waals surface area contributed by atoms with Crippen molar-refractivity contribution < 1.29 is 4.79 Å². The van der Waals surface area contributed by atoms with Gasteiger partial charge in [-0.05, 0) is 36.2 Å². The van der Waals surface area contributed by atoms with Crippen molar-refractivity contribution in [2.24, 2.45) is 0 Å². The molecule has 1 aromatic heterocycles.